The van der Waals surface area contributed by atoms with Crippen molar-refractivity contribution in [2.24, 2.45) is 0 Å². The summed E-state index contributed by atoms with van der Waals surface area (Å²) in [6, 6.07) is 4.50. The lowest BCUT2D eigenvalue weighted by molar-refractivity contribution is -0.169. The van der Waals surface area contributed by atoms with Crippen molar-refractivity contribution in [2.75, 3.05) is 19.8 Å². The molecule has 0 aliphatic carbocycles. The highest BCUT2D eigenvalue weighted by Crippen LogP contribution is 2.26. The quantitative estimate of drug-likeness (QED) is 0.582. The molecular formula is C17H24N2O9S2. The van der Waals surface area contributed by atoms with E-state index >= 15 is 0 Å². The Labute approximate surface area is 175 Å². The summed E-state index contributed by atoms with van der Waals surface area (Å²) in [5, 5.41) is 0. The fourth-order valence-corrected chi connectivity index (χ4v) is 4.66. The molecule has 11 nitrogen and oxygen atoms in total. The monoisotopic (exact) mass is 464 g/mol. The molecule has 1 aromatic carbocycles. The minimum Gasteiger partial charge on any atom is -0.441 e. The third-order valence-electron chi connectivity index (χ3n) is 3.38. The first-order valence-corrected chi connectivity index (χ1v) is 11.8. The van der Waals surface area contributed by atoms with Gasteiger partial charge in [0.2, 0.25) is 5.91 Å². The van der Waals surface area contributed by atoms with Gasteiger partial charge in [-0.05, 0) is 37.4 Å². The van der Waals surface area contributed by atoms with Crippen LogP contribution in [0.25, 0.3) is 0 Å². The van der Waals surface area contributed by atoms with Gasteiger partial charge in [0.05, 0.1) is 4.90 Å². The Balaban J connectivity index is 3.49. The topological polar surface area (TPSA) is 144 Å². The van der Waals surface area contributed by atoms with Gasteiger partial charge in [0, 0.05) is 20.2 Å². The molecular weight excluding hydrogens is 440 g/mol. The van der Waals surface area contributed by atoms with Crippen LogP contribution >= 0.6 is 0 Å². The number of sulfonamides is 1. The Morgan fingerprint density at radius 2 is 1.50 bits per heavy atom. The molecule has 0 aliphatic rings. The number of hydrogen-bond donors (Lipinski definition) is 0. The summed E-state index contributed by atoms with van der Waals surface area (Å²) in [6.45, 7) is 4.85. The molecule has 0 unspecified atom stereocenters. The lowest BCUT2D eigenvalue weighted by atomic mass is 10.2. The first-order valence-electron chi connectivity index (χ1n) is 8.46. The average molecular weight is 465 g/mol. The molecule has 0 saturated heterocycles. The summed E-state index contributed by atoms with van der Waals surface area (Å²) in [7, 11) is -7.77. The SMILES string of the molecule is CC(=O)N(C)CC(=O)ON(C(=O)OC(C)(C)C)S(=O)(=O)c1ccccc1S(C)(=O)=O. The number of carbonyl (C=O) groups is 3. The second kappa shape index (κ2) is 9.00. The molecule has 0 saturated carbocycles. The van der Waals surface area contributed by atoms with Gasteiger partial charge in [-0.3, -0.25) is 4.79 Å². The van der Waals surface area contributed by atoms with Crippen molar-refractivity contribution in [3.63, 3.8) is 0 Å². The van der Waals surface area contributed by atoms with Crippen molar-refractivity contribution in [3.8, 4) is 0 Å². The molecule has 0 aliphatic heterocycles. The minimum absolute atomic E-state index is 0.321. The number of rotatable bonds is 5. The fourth-order valence-electron chi connectivity index (χ4n) is 1.97. The minimum atomic E-state index is -5.00. The van der Waals surface area contributed by atoms with Gasteiger partial charge in [0.25, 0.3) is 0 Å². The number of hydrogen-bond acceptors (Lipinski definition) is 9. The standard InChI is InChI=1S/C17H24N2O9S2/c1-12(20)18(5)11-15(21)28-19(16(22)27-17(2,3)4)30(25,26)14-10-8-7-9-13(14)29(6,23)24/h7-10H,11H2,1-6H3. The fraction of sp³-hybridized carbons (Fsp3) is 0.471. The van der Waals surface area contributed by atoms with Crippen molar-refractivity contribution in [2.45, 2.75) is 43.1 Å². The zero-order valence-corrected chi connectivity index (χ0v) is 19.0. The Kier molecular flexibility index (Phi) is 7.61. The maximum atomic E-state index is 13.1. The molecule has 1 rings (SSSR count). The Hall–Kier alpha value is -2.67. The van der Waals surface area contributed by atoms with Crippen LogP contribution in [0.3, 0.4) is 0 Å². The number of amides is 2. The highest BCUT2D eigenvalue weighted by molar-refractivity contribution is 7.93. The van der Waals surface area contributed by atoms with Gasteiger partial charge in [0.15, 0.2) is 9.84 Å². The van der Waals surface area contributed by atoms with Crippen LogP contribution in [-0.4, -0.2) is 69.6 Å². The Morgan fingerprint density at radius 1 is 1.00 bits per heavy atom. The highest BCUT2D eigenvalue weighted by atomic mass is 32.2. The van der Waals surface area contributed by atoms with E-state index in [0.717, 1.165) is 30.2 Å². The average Bonchev–Trinajstić information content (AvgIpc) is 2.57. The Bertz CT molecular complexity index is 1040. The van der Waals surface area contributed by atoms with Crippen molar-refractivity contribution >= 4 is 37.8 Å². The first-order chi connectivity index (χ1) is 13.5. The number of benzene rings is 1. The third kappa shape index (κ3) is 6.69. The van der Waals surface area contributed by atoms with Gasteiger partial charge in [-0.2, -0.15) is 8.42 Å². The number of carbonyl (C=O) groups excluding carboxylic acids is 3. The van der Waals surface area contributed by atoms with Crippen molar-refractivity contribution in [3.05, 3.63) is 24.3 Å². The first kappa shape index (κ1) is 25.4. The smallest absolute Gasteiger partial charge is 0.441 e. The maximum Gasteiger partial charge on any atom is 0.459 e. The maximum absolute atomic E-state index is 13.1. The molecule has 0 N–H and O–H groups in total. The largest absolute Gasteiger partial charge is 0.459 e. The number of likely N-dealkylation sites (N-methyl/N-ethyl adjacent to an activating group) is 1. The van der Waals surface area contributed by atoms with Crippen molar-refractivity contribution in [1.29, 1.82) is 0 Å². The van der Waals surface area contributed by atoms with E-state index < -0.39 is 59.8 Å². The zero-order valence-electron chi connectivity index (χ0n) is 17.4. The van der Waals surface area contributed by atoms with Gasteiger partial charge in [-0.25, -0.2) is 18.0 Å². The van der Waals surface area contributed by atoms with Gasteiger partial charge in [-0.15, -0.1) is 0 Å². The molecule has 0 bridgehead atoms. The van der Waals surface area contributed by atoms with E-state index in [2.05, 4.69) is 0 Å². The third-order valence-corrected chi connectivity index (χ3v) is 6.23. The van der Waals surface area contributed by atoms with Crippen LogP contribution in [0.5, 0.6) is 0 Å². The van der Waals surface area contributed by atoms with Crippen LogP contribution in [0.1, 0.15) is 27.7 Å². The molecule has 13 heteroatoms. The van der Waals surface area contributed by atoms with E-state index in [1.165, 1.54) is 40.0 Å². The van der Waals surface area contributed by atoms with Gasteiger partial charge < -0.3 is 14.5 Å². The lowest BCUT2D eigenvalue weighted by Gasteiger charge is -2.26. The number of nitrogens with zero attached hydrogens (tertiary/aromatic N) is 2. The number of sulfone groups is 1. The molecule has 0 radical (unpaired) electrons. The summed E-state index contributed by atoms with van der Waals surface area (Å²) in [4.78, 5) is 40.2. The number of hydroxylamine groups is 1. The molecule has 0 fully saturated rings. The molecule has 0 spiro atoms. The van der Waals surface area contributed by atoms with Gasteiger partial charge in [-0.1, -0.05) is 12.1 Å². The predicted molar refractivity (Wildman–Crippen MR) is 104 cm³/mol. The van der Waals surface area contributed by atoms with Crippen LogP contribution in [0, 0.1) is 0 Å². The summed E-state index contributed by atoms with van der Waals surface area (Å²) in [5.41, 5.74) is -1.16. The molecule has 30 heavy (non-hydrogen) atoms. The van der Waals surface area contributed by atoms with Crippen LogP contribution in [-0.2, 0) is 39.0 Å². The van der Waals surface area contributed by atoms with Crippen LogP contribution in [0.2, 0.25) is 0 Å². The van der Waals surface area contributed by atoms with Gasteiger partial charge in [0.1, 0.15) is 17.0 Å². The summed E-state index contributed by atoms with van der Waals surface area (Å²) in [6.07, 6.45) is -0.780. The molecule has 0 heterocycles. The molecule has 0 aromatic heterocycles. The van der Waals surface area contributed by atoms with E-state index in [-0.39, 0.29) is 4.47 Å². The van der Waals surface area contributed by atoms with Crippen LogP contribution in [0.4, 0.5) is 4.79 Å². The van der Waals surface area contributed by atoms with E-state index in [9.17, 15) is 31.2 Å². The second-order valence-electron chi connectivity index (χ2n) is 7.27. The lowest BCUT2D eigenvalue weighted by Crippen LogP contribution is -2.44. The highest BCUT2D eigenvalue weighted by Gasteiger charge is 2.39. The molecule has 168 valence electrons. The molecule has 0 atom stereocenters. The van der Waals surface area contributed by atoms with Crippen molar-refractivity contribution < 1.29 is 40.8 Å². The normalized spacial score (nSPS) is 12.1. The summed E-state index contributed by atoms with van der Waals surface area (Å²) < 4.78 is 54.9. The second-order valence-corrected chi connectivity index (χ2v) is 11.0. The van der Waals surface area contributed by atoms with Crippen molar-refractivity contribution in [1.82, 2.24) is 9.37 Å². The van der Waals surface area contributed by atoms with Crippen LogP contribution in [0.15, 0.2) is 34.1 Å². The van der Waals surface area contributed by atoms with E-state index in [1.807, 2.05) is 0 Å². The molecule has 1 aromatic rings. The Morgan fingerprint density at radius 3 is 1.93 bits per heavy atom. The summed E-state index contributed by atoms with van der Waals surface area (Å²) in [5.74, 6) is -1.78. The number of ether oxygens (including phenoxy) is 1. The predicted octanol–water partition coefficient (Wildman–Crippen LogP) is 0.952. The molecule has 2 amide bonds. The summed E-state index contributed by atoms with van der Waals surface area (Å²) >= 11 is 0. The van der Waals surface area contributed by atoms with E-state index in [4.69, 9.17) is 9.57 Å². The van der Waals surface area contributed by atoms with E-state index in [0.29, 0.717) is 0 Å². The van der Waals surface area contributed by atoms with Crippen LogP contribution < -0.4 is 0 Å². The zero-order chi connectivity index (χ0) is 23.5. The van der Waals surface area contributed by atoms with Gasteiger partial charge >= 0.3 is 22.1 Å². The van der Waals surface area contributed by atoms with E-state index in [1.54, 1.807) is 0 Å².